The first kappa shape index (κ1) is 14.8. The average molecular weight is 263 g/mol. The van der Waals surface area contributed by atoms with E-state index in [1.807, 2.05) is 0 Å². The van der Waals surface area contributed by atoms with Gasteiger partial charge in [-0.25, -0.2) is 0 Å². The summed E-state index contributed by atoms with van der Waals surface area (Å²) >= 11 is 0. The van der Waals surface area contributed by atoms with Crippen LogP contribution in [0, 0.1) is 0 Å². The van der Waals surface area contributed by atoms with Crippen molar-refractivity contribution in [1.82, 2.24) is 0 Å². The SMILES string of the molecule is CC(=O)OC1C(CO)OC(O)C(N)C1OC(C)=O. The summed E-state index contributed by atoms with van der Waals surface area (Å²) in [7, 11) is 0. The molecule has 8 nitrogen and oxygen atoms in total. The number of rotatable bonds is 3. The lowest BCUT2D eigenvalue weighted by molar-refractivity contribution is -0.259. The Hall–Kier alpha value is -1.22. The molecule has 1 saturated heterocycles. The standard InChI is InChI=1S/C10H17NO7/c1-4(13)16-8-6(3-12)18-10(15)7(11)9(8)17-5(2)14/h6-10,12,15H,3,11H2,1-2H3. The van der Waals surface area contributed by atoms with E-state index >= 15 is 0 Å². The number of aliphatic hydroxyl groups is 2. The van der Waals surface area contributed by atoms with Gasteiger partial charge < -0.3 is 30.2 Å². The molecule has 5 atom stereocenters. The minimum atomic E-state index is -1.42. The molecule has 0 bridgehead atoms. The van der Waals surface area contributed by atoms with Crippen LogP contribution >= 0.6 is 0 Å². The van der Waals surface area contributed by atoms with Crippen LogP contribution in [0.15, 0.2) is 0 Å². The van der Waals surface area contributed by atoms with Crippen molar-refractivity contribution in [2.24, 2.45) is 5.73 Å². The summed E-state index contributed by atoms with van der Waals surface area (Å²) in [6.07, 6.45) is -4.56. The maximum Gasteiger partial charge on any atom is 0.303 e. The fraction of sp³-hybridized carbons (Fsp3) is 0.800. The number of aliphatic hydroxyl groups excluding tert-OH is 2. The third-order valence-corrected chi connectivity index (χ3v) is 2.50. The van der Waals surface area contributed by atoms with Crippen molar-refractivity contribution < 1.29 is 34.0 Å². The minimum absolute atomic E-state index is 0.514. The van der Waals surface area contributed by atoms with Crippen LogP contribution in [0.5, 0.6) is 0 Å². The summed E-state index contributed by atoms with van der Waals surface area (Å²) in [5, 5.41) is 18.6. The Morgan fingerprint density at radius 3 is 2.17 bits per heavy atom. The van der Waals surface area contributed by atoms with E-state index in [0.29, 0.717) is 0 Å². The van der Waals surface area contributed by atoms with Crippen LogP contribution in [0.1, 0.15) is 13.8 Å². The first-order valence-electron chi connectivity index (χ1n) is 5.41. The van der Waals surface area contributed by atoms with E-state index < -0.39 is 49.2 Å². The normalized spacial score (nSPS) is 35.9. The molecule has 8 heteroatoms. The molecule has 0 saturated carbocycles. The topological polar surface area (TPSA) is 128 Å². The average Bonchev–Trinajstić information content (AvgIpc) is 2.27. The van der Waals surface area contributed by atoms with E-state index in [0.717, 1.165) is 13.8 Å². The fourth-order valence-electron chi connectivity index (χ4n) is 1.76. The Morgan fingerprint density at radius 1 is 1.22 bits per heavy atom. The van der Waals surface area contributed by atoms with Crippen molar-refractivity contribution in [3.05, 3.63) is 0 Å². The summed E-state index contributed by atoms with van der Waals surface area (Å²) in [6.45, 7) is 1.81. The second-order valence-electron chi connectivity index (χ2n) is 3.97. The van der Waals surface area contributed by atoms with Crippen LogP contribution in [-0.2, 0) is 23.8 Å². The van der Waals surface area contributed by atoms with Gasteiger partial charge in [-0.15, -0.1) is 0 Å². The molecule has 1 rings (SSSR count). The third-order valence-electron chi connectivity index (χ3n) is 2.50. The van der Waals surface area contributed by atoms with Crippen LogP contribution in [-0.4, -0.2) is 59.4 Å². The highest BCUT2D eigenvalue weighted by Gasteiger charge is 2.47. The zero-order valence-electron chi connectivity index (χ0n) is 10.1. The lowest BCUT2D eigenvalue weighted by Crippen LogP contribution is -2.64. The number of nitrogens with two attached hydrogens (primary N) is 1. The van der Waals surface area contributed by atoms with E-state index in [4.69, 9.17) is 25.1 Å². The zero-order chi connectivity index (χ0) is 13.9. The Labute approximate surface area is 104 Å². The number of hydrogen-bond donors (Lipinski definition) is 3. The summed E-state index contributed by atoms with van der Waals surface area (Å²) in [4.78, 5) is 22.0. The first-order chi connectivity index (χ1) is 8.36. The van der Waals surface area contributed by atoms with Gasteiger partial charge in [0.05, 0.1) is 12.6 Å². The van der Waals surface area contributed by atoms with E-state index in [9.17, 15) is 14.7 Å². The van der Waals surface area contributed by atoms with Gasteiger partial charge in [0.25, 0.3) is 0 Å². The molecule has 0 spiro atoms. The van der Waals surface area contributed by atoms with E-state index in [1.54, 1.807) is 0 Å². The molecular weight excluding hydrogens is 246 g/mol. The summed E-state index contributed by atoms with van der Waals surface area (Å²) in [6, 6.07) is -1.07. The molecule has 1 heterocycles. The molecule has 1 aliphatic rings. The maximum atomic E-state index is 11.0. The quantitative estimate of drug-likeness (QED) is 0.493. The van der Waals surface area contributed by atoms with Crippen LogP contribution in [0.3, 0.4) is 0 Å². The number of esters is 2. The molecule has 104 valence electrons. The second kappa shape index (κ2) is 6.10. The van der Waals surface area contributed by atoms with Crippen molar-refractivity contribution in [2.45, 2.75) is 44.5 Å². The molecule has 0 amide bonds. The van der Waals surface area contributed by atoms with Crippen LogP contribution in [0.25, 0.3) is 0 Å². The second-order valence-corrected chi connectivity index (χ2v) is 3.97. The highest BCUT2D eigenvalue weighted by molar-refractivity contribution is 5.67. The van der Waals surface area contributed by atoms with E-state index in [1.165, 1.54) is 0 Å². The number of carbonyl (C=O) groups is 2. The van der Waals surface area contributed by atoms with Gasteiger partial charge in [0.15, 0.2) is 18.5 Å². The Kier molecular flexibility index (Phi) is 5.03. The summed E-state index contributed by atoms with van der Waals surface area (Å²) in [5.41, 5.74) is 5.63. The Bertz CT molecular complexity index is 305. The molecule has 1 fully saturated rings. The molecule has 1 aliphatic heterocycles. The van der Waals surface area contributed by atoms with Gasteiger partial charge in [0, 0.05) is 13.8 Å². The zero-order valence-corrected chi connectivity index (χ0v) is 10.1. The molecule has 0 aromatic carbocycles. The molecule has 0 aromatic heterocycles. The molecular formula is C10H17NO7. The molecule has 5 unspecified atom stereocenters. The predicted molar refractivity (Wildman–Crippen MR) is 57.0 cm³/mol. The molecule has 4 N–H and O–H groups in total. The van der Waals surface area contributed by atoms with Crippen LogP contribution in [0.2, 0.25) is 0 Å². The first-order valence-corrected chi connectivity index (χ1v) is 5.41. The van der Waals surface area contributed by atoms with Crippen LogP contribution < -0.4 is 5.73 Å². The van der Waals surface area contributed by atoms with Gasteiger partial charge in [-0.05, 0) is 0 Å². The van der Waals surface area contributed by atoms with E-state index in [2.05, 4.69) is 0 Å². The van der Waals surface area contributed by atoms with Gasteiger partial charge in [0.2, 0.25) is 0 Å². The third kappa shape index (κ3) is 3.39. The molecule has 0 aliphatic carbocycles. The smallest absolute Gasteiger partial charge is 0.303 e. The molecule has 0 radical (unpaired) electrons. The summed E-state index contributed by atoms with van der Waals surface area (Å²) < 4.78 is 14.8. The predicted octanol–water partition coefficient (Wildman–Crippen LogP) is -2.11. The van der Waals surface area contributed by atoms with Gasteiger partial charge in [0.1, 0.15) is 6.10 Å². The monoisotopic (exact) mass is 263 g/mol. The fourth-order valence-corrected chi connectivity index (χ4v) is 1.76. The van der Waals surface area contributed by atoms with Crippen molar-refractivity contribution in [2.75, 3.05) is 6.61 Å². The van der Waals surface area contributed by atoms with Crippen LogP contribution in [0.4, 0.5) is 0 Å². The van der Waals surface area contributed by atoms with Gasteiger partial charge in [-0.1, -0.05) is 0 Å². The van der Waals surface area contributed by atoms with Crippen molar-refractivity contribution in [3.63, 3.8) is 0 Å². The van der Waals surface area contributed by atoms with Crippen molar-refractivity contribution in [3.8, 4) is 0 Å². The largest absolute Gasteiger partial charge is 0.457 e. The number of ether oxygens (including phenoxy) is 3. The van der Waals surface area contributed by atoms with E-state index in [-0.39, 0.29) is 0 Å². The number of carbonyl (C=O) groups excluding carboxylic acids is 2. The molecule has 18 heavy (non-hydrogen) atoms. The minimum Gasteiger partial charge on any atom is -0.457 e. The lowest BCUT2D eigenvalue weighted by Gasteiger charge is -2.41. The Morgan fingerprint density at radius 2 is 1.72 bits per heavy atom. The van der Waals surface area contributed by atoms with Gasteiger partial charge in [-0.2, -0.15) is 0 Å². The Balaban J connectivity index is 2.92. The van der Waals surface area contributed by atoms with Gasteiger partial charge >= 0.3 is 11.9 Å². The van der Waals surface area contributed by atoms with Crippen molar-refractivity contribution in [1.29, 1.82) is 0 Å². The summed E-state index contributed by atoms with van der Waals surface area (Å²) in [5.74, 6) is -1.28. The van der Waals surface area contributed by atoms with Crippen molar-refractivity contribution >= 4 is 11.9 Å². The highest BCUT2D eigenvalue weighted by Crippen LogP contribution is 2.24. The maximum absolute atomic E-state index is 11.0. The lowest BCUT2D eigenvalue weighted by atomic mass is 9.97. The number of hydrogen-bond acceptors (Lipinski definition) is 8. The molecule has 0 aromatic rings. The van der Waals surface area contributed by atoms with Gasteiger partial charge in [-0.3, -0.25) is 9.59 Å². The highest BCUT2D eigenvalue weighted by atomic mass is 16.7.